The van der Waals surface area contributed by atoms with E-state index in [4.69, 9.17) is 9.15 Å². The van der Waals surface area contributed by atoms with E-state index in [-0.39, 0.29) is 5.75 Å². The van der Waals surface area contributed by atoms with Crippen molar-refractivity contribution in [1.29, 1.82) is 0 Å². The van der Waals surface area contributed by atoms with Crippen LogP contribution in [0.15, 0.2) is 45.6 Å². The summed E-state index contributed by atoms with van der Waals surface area (Å²) in [5.74, 6) is 0.155. The third kappa shape index (κ3) is 2.98. The van der Waals surface area contributed by atoms with E-state index in [2.05, 4.69) is 17.4 Å². The van der Waals surface area contributed by atoms with E-state index in [0.717, 1.165) is 22.2 Å². The number of aromatic hydroxyl groups is 1. The fourth-order valence-electron chi connectivity index (χ4n) is 3.22. The predicted molar refractivity (Wildman–Crippen MR) is 95.8 cm³/mol. The predicted octanol–water partition coefficient (Wildman–Crippen LogP) is 3.70. The summed E-state index contributed by atoms with van der Waals surface area (Å²) in [6, 6.07) is 11.1. The van der Waals surface area contributed by atoms with Gasteiger partial charge in [-0.3, -0.25) is 0 Å². The highest BCUT2D eigenvalue weighted by molar-refractivity contribution is 5.83. The van der Waals surface area contributed by atoms with E-state index in [1.165, 1.54) is 23.3 Å². The highest BCUT2D eigenvalue weighted by Crippen LogP contribution is 2.28. The Bertz CT molecular complexity index is 1010. The molecule has 0 saturated heterocycles. The molecule has 0 atom stereocenters. The normalized spacial score (nSPS) is 13.2. The molecular formula is C20H19NO4. The zero-order valence-electron chi connectivity index (χ0n) is 14.0. The smallest absolute Gasteiger partial charge is 0.336 e. The molecule has 5 heteroatoms. The fraction of sp³-hybridized carbons (Fsp3) is 0.250. The van der Waals surface area contributed by atoms with Crippen LogP contribution in [-0.4, -0.2) is 5.11 Å². The standard InChI is InChI=1S/C20H19NO4/c1-2-12-6-17-14(7-20(23)25-19(17)8-18(12)22)9-21-16-4-3-13-10-24-11-15(13)5-16/h3-8,21-22H,2,9-11H2,1H3. The molecule has 3 aromatic rings. The molecule has 25 heavy (non-hydrogen) atoms. The first kappa shape index (κ1) is 15.7. The summed E-state index contributed by atoms with van der Waals surface area (Å²) in [6.07, 6.45) is 0.707. The van der Waals surface area contributed by atoms with E-state index >= 15 is 0 Å². The number of phenols is 1. The summed E-state index contributed by atoms with van der Waals surface area (Å²) >= 11 is 0. The van der Waals surface area contributed by atoms with Gasteiger partial charge in [-0.2, -0.15) is 0 Å². The van der Waals surface area contributed by atoms with Crippen molar-refractivity contribution < 1.29 is 14.3 Å². The number of anilines is 1. The van der Waals surface area contributed by atoms with Gasteiger partial charge in [0.15, 0.2) is 0 Å². The molecule has 128 valence electrons. The van der Waals surface area contributed by atoms with Crippen LogP contribution in [0.5, 0.6) is 5.75 Å². The molecule has 2 heterocycles. The van der Waals surface area contributed by atoms with Gasteiger partial charge in [-0.15, -0.1) is 0 Å². The quantitative estimate of drug-likeness (QED) is 0.710. The van der Waals surface area contributed by atoms with E-state index < -0.39 is 5.63 Å². The second-order valence-electron chi connectivity index (χ2n) is 6.25. The van der Waals surface area contributed by atoms with Crippen molar-refractivity contribution in [2.75, 3.05) is 5.32 Å². The highest BCUT2D eigenvalue weighted by Gasteiger charge is 2.12. The monoisotopic (exact) mass is 337 g/mol. The Labute approximate surface area is 144 Å². The Morgan fingerprint density at radius 3 is 2.76 bits per heavy atom. The zero-order valence-corrected chi connectivity index (χ0v) is 14.0. The number of rotatable bonds is 4. The average Bonchev–Trinajstić information content (AvgIpc) is 3.06. The van der Waals surface area contributed by atoms with Crippen LogP contribution in [0, 0.1) is 0 Å². The summed E-state index contributed by atoms with van der Waals surface area (Å²) < 4.78 is 10.7. The first-order chi connectivity index (χ1) is 12.1. The van der Waals surface area contributed by atoms with Crippen molar-refractivity contribution in [3.8, 4) is 5.75 Å². The van der Waals surface area contributed by atoms with E-state index in [9.17, 15) is 9.90 Å². The van der Waals surface area contributed by atoms with Gasteiger partial charge in [-0.25, -0.2) is 4.79 Å². The Balaban J connectivity index is 1.67. The van der Waals surface area contributed by atoms with Gasteiger partial charge in [-0.1, -0.05) is 13.0 Å². The molecule has 1 aliphatic heterocycles. The summed E-state index contributed by atoms with van der Waals surface area (Å²) in [4.78, 5) is 11.8. The molecule has 1 aliphatic rings. The van der Waals surface area contributed by atoms with E-state index in [0.29, 0.717) is 31.8 Å². The minimum atomic E-state index is -0.421. The van der Waals surface area contributed by atoms with Crippen LogP contribution in [0.3, 0.4) is 0 Å². The molecular weight excluding hydrogens is 318 g/mol. The molecule has 1 aromatic heterocycles. The van der Waals surface area contributed by atoms with Gasteiger partial charge in [-0.05, 0) is 46.9 Å². The van der Waals surface area contributed by atoms with E-state index in [1.807, 2.05) is 19.1 Å². The summed E-state index contributed by atoms with van der Waals surface area (Å²) in [7, 11) is 0. The van der Waals surface area contributed by atoms with Crippen molar-refractivity contribution in [2.45, 2.75) is 33.1 Å². The van der Waals surface area contributed by atoms with Crippen LogP contribution in [0.1, 0.15) is 29.2 Å². The van der Waals surface area contributed by atoms with Gasteiger partial charge >= 0.3 is 5.63 Å². The van der Waals surface area contributed by atoms with Gasteiger partial charge in [0.1, 0.15) is 11.3 Å². The second kappa shape index (κ2) is 6.26. The molecule has 0 amide bonds. The van der Waals surface area contributed by atoms with Crippen molar-refractivity contribution >= 4 is 16.7 Å². The average molecular weight is 337 g/mol. The maximum absolute atomic E-state index is 11.8. The van der Waals surface area contributed by atoms with Crippen molar-refractivity contribution in [3.05, 3.63) is 69.1 Å². The number of hydrogen-bond acceptors (Lipinski definition) is 5. The third-order valence-corrected chi connectivity index (χ3v) is 4.61. The number of nitrogens with one attached hydrogen (secondary N) is 1. The molecule has 0 unspecified atom stereocenters. The Hall–Kier alpha value is -2.79. The van der Waals surface area contributed by atoms with Gasteiger partial charge in [0.05, 0.1) is 13.2 Å². The van der Waals surface area contributed by atoms with Crippen LogP contribution in [0.25, 0.3) is 11.0 Å². The lowest BCUT2D eigenvalue weighted by atomic mass is 10.0. The lowest BCUT2D eigenvalue weighted by molar-refractivity contribution is 0.134. The molecule has 2 N–H and O–H groups in total. The topological polar surface area (TPSA) is 71.7 Å². The molecule has 0 aliphatic carbocycles. The zero-order chi connectivity index (χ0) is 17.4. The van der Waals surface area contributed by atoms with Crippen LogP contribution in [0.2, 0.25) is 0 Å². The largest absolute Gasteiger partial charge is 0.508 e. The van der Waals surface area contributed by atoms with Crippen LogP contribution < -0.4 is 10.9 Å². The van der Waals surface area contributed by atoms with Crippen LogP contribution in [-0.2, 0) is 30.9 Å². The minimum absolute atomic E-state index is 0.155. The second-order valence-corrected chi connectivity index (χ2v) is 6.25. The van der Waals surface area contributed by atoms with Crippen molar-refractivity contribution in [2.24, 2.45) is 0 Å². The molecule has 0 radical (unpaired) electrons. The van der Waals surface area contributed by atoms with Gasteiger partial charge < -0.3 is 19.6 Å². The minimum Gasteiger partial charge on any atom is -0.508 e. The highest BCUT2D eigenvalue weighted by atomic mass is 16.5. The first-order valence-corrected chi connectivity index (χ1v) is 8.36. The summed E-state index contributed by atoms with van der Waals surface area (Å²) in [5.41, 5.74) is 5.06. The summed E-state index contributed by atoms with van der Waals surface area (Å²) in [5, 5.41) is 14.2. The molecule has 0 saturated carbocycles. The number of phenolic OH excluding ortho intramolecular Hbond substituents is 1. The lowest BCUT2D eigenvalue weighted by Gasteiger charge is -2.11. The summed E-state index contributed by atoms with van der Waals surface area (Å²) in [6.45, 7) is 3.78. The van der Waals surface area contributed by atoms with Crippen molar-refractivity contribution in [1.82, 2.24) is 0 Å². The number of hydrogen-bond donors (Lipinski definition) is 2. The number of fused-ring (bicyclic) bond motifs is 2. The van der Waals surface area contributed by atoms with Gasteiger partial charge in [0, 0.05) is 29.8 Å². The third-order valence-electron chi connectivity index (χ3n) is 4.61. The maximum atomic E-state index is 11.8. The fourth-order valence-corrected chi connectivity index (χ4v) is 3.22. The van der Waals surface area contributed by atoms with Gasteiger partial charge in [0.2, 0.25) is 0 Å². The molecule has 0 fully saturated rings. The van der Waals surface area contributed by atoms with Gasteiger partial charge in [0.25, 0.3) is 0 Å². The Morgan fingerprint density at radius 2 is 1.92 bits per heavy atom. The molecule has 4 rings (SSSR count). The Morgan fingerprint density at radius 1 is 1.08 bits per heavy atom. The van der Waals surface area contributed by atoms with Crippen LogP contribution in [0.4, 0.5) is 5.69 Å². The maximum Gasteiger partial charge on any atom is 0.336 e. The molecule has 0 spiro atoms. The van der Waals surface area contributed by atoms with Crippen LogP contribution >= 0.6 is 0 Å². The molecule has 0 bridgehead atoms. The number of aryl methyl sites for hydroxylation is 1. The lowest BCUT2D eigenvalue weighted by Crippen LogP contribution is -2.06. The Kier molecular flexibility index (Phi) is 3.93. The van der Waals surface area contributed by atoms with E-state index in [1.54, 1.807) is 0 Å². The number of ether oxygens (including phenoxy) is 1. The number of benzene rings is 2. The first-order valence-electron chi connectivity index (χ1n) is 8.36. The van der Waals surface area contributed by atoms with Crippen molar-refractivity contribution in [3.63, 3.8) is 0 Å². The molecule has 2 aromatic carbocycles. The molecule has 5 nitrogen and oxygen atoms in total. The SMILES string of the molecule is CCc1cc2c(CNc3ccc4c(c3)COC4)cc(=O)oc2cc1O.